The van der Waals surface area contributed by atoms with Crippen molar-refractivity contribution in [2.24, 2.45) is 0 Å². The van der Waals surface area contributed by atoms with Crippen LogP contribution in [-0.4, -0.2) is 28.9 Å². The van der Waals surface area contributed by atoms with Crippen molar-refractivity contribution >= 4 is 11.9 Å². The fraction of sp³-hybridized carbons (Fsp3) is 0.250. The van der Waals surface area contributed by atoms with Gasteiger partial charge in [-0.15, -0.1) is 0 Å². The van der Waals surface area contributed by atoms with Gasteiger partial charge in [-0.2, -0.15) is 0 Å². The molecule has 0 aliphatic carbocycles. The number of carbonyl (C=O) groups excluding carboxylic acids is 1. The van der Waals surface area contributed by atoms with Crippen LogP contribution in [0.4, 0.5) is 8.78 Å². The molecule has 0 saturated carbocycles. The normalized spacial score (nSPS) is 10.6. The van der Waals surface area contributed by atoms with Crippen molar-refractivity contribution in [3.05, 3.63) is 58.5 Å². The molecule has 0 aliphatic rings. The molecule has 1 N–H and O–H groups in total. The molecule has 0 unspecified atom stereocenters. The van der Waals surface area contributed by atoms with Crippen LogP contribution in [0.3, 0.4) is 0 Å². The Balaban J connectivity index is 2.07. The van der Waals surface area contributed by atoms with Gasteiger partial charge in [0.15, 0.2) is 0 Å². The minimum atomic E-state index is -1.12. The van der Waals surface area contributed by atoms with Gasteiger partial charge < -0.3 is 14.4 Å². The Morgan fingerprint density at radius 1 is 1.26 bits per heavy atom. The van der Waals surface area contributed by atoms with Crippen LogP contribution in [0.15, 0.2) is 28.7 Å². The smallest absolute Gasteiger partial charge is 0.339 e. The number of carbonyl (C=O) groups is 2. The van der Waals surface area contributed by atoms with E-state index < -0.39 is 23.5 Å². The van der Waals surface area contributed by atoms with Crippen LogP contribution < -0.4 is 0 Å². The largest absolute Gasteiger partial charge is 0.478 e. The molecule has 0 radical (unpaired) electrons. The summed E-state index contributed by atoms with van der Waals surface area (Å²) in [5, 5.41) is 8.96. The van der Waals surface area contributed by atoms with Crippen LogP contribution in [0.2, 0.25) is 0 Å². The summed E-state index contributed by atoms with van der Waals surface area (Å²) in [5.74, 6) is -2.30. The number of nitrogens with zero attached hydrogens (tertiary/aromatic N) is 1. The van der Waals surface area contributed by atoms with E-state index in [1.165, 1.54) is 24.9 Å². The molecule has 2 aromatic rings. The molecule has 0 aliphatic heterocycles. The molecule has 1 amide bonds. The van der Waals surface area contributed by atoms with E-state index >= 15 is 0 Å². The van der Waals surface area contributed by atoms with Gasteiger partial charge >= 0.3 is 5.97 Å². The van der Waals surface area contributed by atoms with E-state index in [9.17, 15) is 18.4 Å². The molecule has 0 spiro atoms. The van der Waals surface area contributed by atoms with Crippen molar-refractivity contribution < 1.29 is 27.9 Å². The van der Waals surface area contributed by atoms with Crippen molar-refractivity contribution in [3.63, 3.8) is 0 Å². The predicted molar refractivity (Wildman–Crippen MR) is 76.9 cm³/mol. The lowest BCUT2D eigenvalue weighted by molar-refractivity contribution is -0.130. The summed E-state index contributed by atoms with van der Waals surface area (Å²) in [6, 6.07) is 4.25. The number of carboxylic acids is 1. The molecule has 0 saturated heterocycles. The third kappa shape index (κ3) is 3.94. The molecule has 0 atom stereocenters. The van der Waals surface area contributed by atoms with Gasteiger partial charge in [0.1, 0.15) is 28.7 Å². The van der Waals surface area contributed by atoms with Gasteiger partial charge in [-0.25, -0.2) is 13.6 Å². The summed E-state index contributed by atoms with van der Waals surface area (Å²) in [4.78, 5) is 24.3. The number of hydrogen-bond acceptors (Lipinski definition) is 3. The second-order valence-corrected chi connectivity index (χ2v) is 5.15. The van der Waals surface area contributed by atoms with Crippen LogP contribution in [-0.2, 0) is 17.8 Å². The number of likely N-dealkylation sites (N-methyl/N-ethyl adjacent to an activating group) is 1. The number of furan rings is 1. The highest BCUT2D eigenvalue weighted by atomic mass is 19.1. The summed E-state index contributed by atoms with van der Waals surface area (Å²) >= 11 is 0. The highest BCUT2D eigenvalue weighted by molar-refractivity contribution is 5.88. The molecule has 0 bridgehead atoms. The van der Waals surface area contributed by atoms with Gasteiger partial charge in [-0.3, -0.25) is 4.79 Å². The Labute approximate surface area is 131 Å². The van der Waals surface area contributed by atoms with E-state index in [1.807, 2.05) is 0 Å². The van der Waals surface area contributed by atoms with E-state index in [1.54, 1.807) is 0 Å². The van der Waals surface area contributed by atoms with Gasteiger partial charge in [0.25, 0.3) is 0 Å². The Hall–Kier alpha value is -2.70. The molecule has 122 valence electrons. The maximum Gasteiger partial charge on any atom is 0.339 e. The first-order chi connectivity index (χ1) is 10.8. The lowest BCUT2D eigenvalue weighted by atomic mass is 10.1. The van der Waals surface area contributed by atoms with Crippen LogP contribution in [0.25, 0.3) is 0 Å². The highest BCUT2D eigenvalue weighted by Crippen LogP contribution is 2.17. The van der Waals surface area contributed by atoms with Gasteiger partial charge in [-0.05, 0) is 31.2 Å². The summed E-state index contributed by atoms with van der Waals surface area (Å²) < 4.78 is 31.9. The van der Waals surface area contributed by atoms with Gasteiger partial charge in [-0.1, -0.05) is 0 Å². The first-order valence-electron chi connectivity index (χ1n) is 6.78. The molecule has 7 heteroatoms. The molecular formula is C16H15F2NO4. The quantitative estimate of drug-likeness (QED) is 0.918. The molecule has 1 heterocycles. The van der Waals surface area contributed by atoms with E-state index in [0.29, 0.717) is 5.76 Å². The monoisotopic (exact) mass is 323 g/mol. The Kier molecular flexibility index (Phi) is 4.78. The van der Waals surface area contributed by atoms with E-state index in [4.69, 9.17) is 9.52 Å². The van der Waals surface area contributed by atoms with E-state index in [-0.39, 0.29) is 29.9 Å². The predicted octanol–water partition coefficient (Wildman–Crippen LogP) is 2.77. The van der Waals surface area contributed by atoms with Gasteiger partial charge in [0.2, 0.25) is 5.91 Å². The fourth-order valence-corrected chi connectivity index (χ4v) is 2.13. The lowest BCUT2D eigenvalue weighted by Crippen LogP contribution is -2.27. The van der Waals surface area contributed by atoms with Crippen molar-refractivity contribution in [1.29, 1.82) is 0 Å². The number of halogens is 2. The van der Waals surface area contributed by atoms with Crippen molar-refractivity contribution in [3.8, 4) is 0 Å². The highest BCUT2D eigenvalue weighted by Gasteiger charge is 2.18. The van der Waals surface area contributed by atoms with Crippen LogP contribution >= 0.6 is 0 Å². The third-order valence-electron chi connectivity index (χ3n) is 3.37. The zero-order chi connectivity index (χ0) is 17.1. The van der Waals surface area contributed by atoms with E-state index in [2.05, 4.69) is 0 Å². The Morgan fingerprint density at radius 2 is 1.96 bits per heavy atom. The van der Waals surface area contributed by atoms with E-state index in [0.717, 1.165) is 18.2 Å². The number of rotatable bonds is 5. The third-order valence-corrected chi connectivity index (χ3v) is 3.37. The second kappa shape index (κ2) is 6.60. The van der Waals surface area contributed by atoms with Crippen LogP contribution in [0.1, 0.15) is 27.4 Å². The number of aryl methyl sites for hydroxylation is 1. The number of amides is 1. The molecular weight excluding hydrogens is 308 g/mol. The minimum absolute atomic E-state index is 0.0250. The maximum absolute atomic E-state index is 13.5. The average molecular weight is 323 g/mol. The average Bonchev–Trinajstić information content (AvgIpc) is 2.83. The zero-order valence-corrected chi connectivity index (χ0v) is 12.6. The molecule has 5 nitrogen and oxygen atoms in total. The lowest BCUT2D eigenvalue weighted by Gasteiger charge is -2.16. The summed E-state index contributed by atoms with van der Waals surface area (Å²) in [6.45, 7) is 1.54. The summed E-state index contributed by atoms with van der Waals surface area (Å²) in [5.41, 5.74) is -0.0132. The molecule has 0 fully saturated rings. The SMILES string of the molecule is Cc1oc(CN(C)C(=O)Cc2cc(F)ccc2F)cc1C(=O)O. The van der Waals surface area contributed by atoms with Crippen LogP contribution in [0.5, 0.6) is 0 Å². The number of aromatic carboxylic acids is 1. The van der Waals surface area contributed by atoms with Gasteiger partial charge in [0.05, 0.1) is 13.0 Å². The topological polar surface area (TPSA) is 70.8 Å². The fourth-order valence-electron chi connectivity index (χ4n) is 2.13. The molecule has 1 aromatic carbocycles. The second-order valence-electron chi connectivity index (χ2n) is 5.15. The molecule has 1 aromatic heterocycles. The maximum atomic E-state index is 13.5. The number of benzene rings is 1. The number of carboxylic acid groups (broad SMARTS) is 1. The van der Waals surface area contributed by atoms with Crippen LogP contribution in [0, 0.1) is 18.6 Å². The van der Waals surface area contributed by atoms with Crippen molar-refractivity contribution in [2.75, 3.05) is 7.05 Å². The number of hydrogen-bond donors (Lipinski definition) is 1. The zero-order valence-electron chi connectivity index (χ0n) is 12.6. The van der Waals surface area contributed by atoms with Crippen molar-refractivity contribution in [2.45, 2.75) is 19.9 Å². The minimum Gasteiger partial charge on any atom is -0.478 e. The first-order valence-corrected chi connectivity index (χ1v) is 6.78. The molecule has 2 rings (SSSR count). The summed E-state index contributed by atoms with van der Waals surface area (Å²) in [6.07, 6.45) is -0.300. The Morgan fingerprint density at radius 3 is 2.57 bits per heavy atom. The molecule has 23 heavy (non-hydrogen) atoms. The van der Waals surface area contributed by atoms with Gasteiger partial charge in [0, 0.05) is 12.6 Å². The Bertz CT molecular complexity index is 755. The first kappa shape index (κ1) is 16.7. The standard InChI is InChI=1S/C16H15F2NO4/c1-9-13(16(21)22)7-12(23-9)8-19(2)15(20)6-10-5-11(17)3-4-14(10)18/h3-5,7H,6,8H2,1-2H3,(H,21,22). The van der Waals surface area contributed by atoms with Crippen molar-refractivity contribution in [1.82, 2.24) is 4.90 Å². The summed E-state index contributed by atoms with van der Waals surface area (Å²) in [7, 11) is 1.47.